The third-order valence-electron chi connectivity index (χ3n) is 3.07. The van der Waals surface area contributed by atoms with Crippen molar-refractivity contribution in [3.8, 4) is 6.07 Å². The van der Waals surface area contributed by atoms with Crippen molar-refractivity contribution in [3.63, 3.8) is 0 Å². The first kappa shape index (κ1) is 13.9. The number of nitrogens with two attached hydrogens (primary N) is 1. The van der Waals surface area contributed by atoms with Gasteiger partial charge in [-0.2, -0.15) is 5.26 Å². The van der Waals surface area contributed by atoms with E-state index >= 15 is 0 Å². The van der Waals surface area contributed by atoms with Gasteiger partial charge in [-0.15, -0.1) is 0 Å². The van der Waals surface area contributed by atoms with Crippen LogP contribution in [0.15, 0.2) is 0 Å². The number of ether oxygens (including phenoxy) is 1. The summed E-state index contributed by atoms with van der Waals surface area (Å²) >= 11 is 0. The summed E-state index contributed by atoms with van der Waals surface area (Å²) in [7, 11) is 0. The Morgan fingerprint density at radius 3 is 3.06 bits per heavy atom. The van der Waals surface area contributed by atoms with Gasteiger partial charge in [0.1, 0.15) is 0 Å². The molecule has 2 unspecified atom stereocenters. The predicted octanol–water partition coefficient (Wildman–Crippen LogP) is 0.502. The Balaban J connectivity index is 2.30. The molecular formula is C12H21N3O2. The van der Waals surface area contributed by atoms with Crippen molar-refractivity contribution in [1.29, 1.82) is 5.26 Å². The van der Waals surface area contributed by atoms with E-state index in [-0.39, 0.29) is 5.91 Å². The molecule has 1 heterocycles. The highest BCUT2D eigenvalue weighted by molar-refractivity contribution is 5.76. The van der Waals surface area contributed by atoms with Crippen molar-refractivity contribution >= 4 is 5.91 Å². The third kappa shape index (κ3) is 4.72. The van der Waals surface area contributed by atoms with E-state index < -0.39 is 6.10 Å². The standard InChI is InChI=1S/C12H21N3O2/c1-10(4-5-13)2-3-12(16)15-6-7-17-11(8-14)9-15/h10-11H,2-7,9,13H2,1H3. The van der Waals surface area contributed by atoms with E-state index in [1.54, 1.807) is 4.90 Å². The van der Waals surface area contributed by atoms with Crippen LogP contribution in [0, 0.1) is 17.2 Å². The molecule has 96 valence electrons. The number of amides is 1. The van der Waals surface area contributed by atoms with E-state index in [1.807, 2.05) is 6.07 Å². The number of nitrogens with zero attached hydrogens (tertiary/aromatic N) is 2. The van der Waals surface area contributed by atoms with Gasteiger partial charge >= 0.3 is 0 Å². The number of hydrogen-bond acceptors (Lipinski definition) is 4. The molecule has 1 saturated heterocycles. The number of carbonyl (C=O) groups is 1. The van der Waals surface area contributed by atoms with Crippen LogP contribution in [0.4, 0.5) is 0 Å². The largest absolute Gasteiger partial charge is 0.360 e. The summed E-state index contributed by atoms with van der Waals surface area (Å²) in [4.78, 5) is 13.6. The Morgan fingerprint density at radius 2 is 2.41 bits per heavy atom. The molecule has 1 aliphatic rings. The number of rotatable bonds is 5. The van der Waals surface area contributed by atoms with Crippen LogP contribution >= 0.6 is 0 Å². The van der Waals surface area contributed by atoms with Gasteiger partial charge in [0, 0.05) is 13.0 Å². The number of carbonyl (C=O) groups excluding carboxylic acids is 1. The molecular weight excluding hydrogens is 218 g/mol. The predicted molar refractivity (Wildman–Crippen MR) is 64.0 cm³/mol. The monoisotopic (exact) mass is 239 g/mol. The zero-order valence-corrected chi connectivity index (χ0v) is 10.4. The van der Waals surface area contributed by atoms with Crippen LogP contribution in [0.3, 0.4) is 0 Å². The average Bonchev–Trinajstić information content (AvgIpc) is 2.36. The number of hydrogen-bond donors (Lipinski definition) is 1. The molecule has 5 nitrogen and oxygen atoms in total. The van der Waals surface area contributed by atoms with Crippen molar-refractivity contribution in [1.82, 2.24) is 4.90 Å². The van der Waals surface area contributed by atoms with E-state index in [1.165, 1.54) is 0 Å². The second-order valence-electron chi connectivity index (χ2n) is 4.55. The number of nitriles is 1. The lowest BCUT2D eigenvalue weighted by molar-refractivity contribution is -0.137. The van der Waals surface area contributed by atoms with Crippen LogP contribution in [0.5, 0.6) is 0 Å². The lowest BCUT2D eigenvalue weighted by Gasteiger charge is -2.30. The molecule has 1 rings (SSSR count). The molecule has 0 radical (unpaired) electrons. The Labute approximate surface area is 103 Å². The smallest absolute Gasteiger partial charge is 0.222 e. The van der Waals surface area contributed by atoms with Gasteiger partial charge in [-0.25, -0.2) is 0 Å². The van der Waals surface area contributed by atoms with E-state index in [2.05, 4.69) is 6.92 Å². The van der Waals surface area contributed by atoms with Crippen LogP contribution in [-0.4, -0.2) is 43.2 Å². The SMILES string of the molecule is CC(CCN)CCC(=O)N1CCOC(C#N)C1. The maximum atomic E-state index is 11.9. The summed E-state index contributed by atoms with van der Waals surface area (Å²) in [5.41, 5.74) is 5.47. The first-order chi connectivity index (χ1) is 8.17. The summed E-state index contributed by atoms with van der Waals surface area (Å²) in [6, 6.07) is 2.04. The van der Waals surface area contributed by atoms with E-state index in [0.717, 1.165) is 12.8 Å². The van der Waals surface area contributed by atoms with Crippen molar-refractivity contribution in [2.75, 3.05) is 26.2 Å². The quantitative estimate of drug-likeness (QED) is 0.757. The van der Waals surface area contributed by atoms with Gasteiger partial charge in [0.25, 0.3) is 0 Å². The van der Waals surface area contributed by atoms with Gasteiger partial charge < -0.3 is 15.4 Å². The molecule has 5 heteroatoms. The third-order valence-corrected chi connectivity index (χ3v) is 3.07. The van der Waals surface area contributed by atoms with Crippen molar-refractivity contribution in [3.05, 3.63) is 0 Å². The van der Waals surface area contributed by atoms with Crippen LogP contribution in [0.1, 0.15) is 26.2 Å². The molecule has 0 aromatic rings. The Kier molecular flexibility index (Phi) is 5.95. The fourth-order valence-corrected chi connectivity index (χ4v) is 1.91. The zero-order chi connectivity index (χ0) is 12.7. The molecule has 0 aromatic heterocycles. The molecule has 0 aliphatic carbocycles. The highest BCUT2D eigenvalue weighted by Crippen LogP contribution is 2.12. The summed E-state index contributed by atoms with van der Waals surface area (Å²) < 4.78 is 5.20. The average molecular weight is 239 g/mol. The molecule has 0 bridgehead atoms. The molecule has 1 aliphatic heterocycles. The Bertz CT molecular complexity index is 288. The summed E-state index contributed by atoms with van der Waals surface area (Å²) in [6.45, 7) is 4.24. The van der Waals surface area contributed by atoms with Crippen LogP contribution in [-0.2, 0) is 9.53 Å². The van der Waals surface area contributed by atoms with Crippen LogP contribution in [0.2, 0.25) is 0 Å². The second kappa shape index (κ2) is 7.25. The maximum Gasteiger partial charge on any atom is 0.222 e. The van der Waals surface area contributed by atoms with Gasteiger partial charge in [0.05, 0.1) is 19.2 Å². The van der Waals surface area contributed by atoms with Crippen molar-refractivity contribution in [2.45, 2.75) is 32.3 Å². The molecule has 0 aromatic carbocycles. The minimum absolute atomic E-state index is 0.123. The fraction of sp³-hybridized carbons (Fsp3) is 0.833. The Hall–Kier alpha value is -1.12. The molecule has 2 N–H and O–H groups in total. The lowest BCUT2D eigenvalue weighted by Crippen LogP contribution is -2.45. The van der Waals surface area contributed by atoms with Crippen LogP contribution in [0.25, 0.3) is 0 Å². The minimum Gasteiger partial charge on any atom is -0.360 e. The summed E-state index contributed by atoms with van der Waals surface area (Å²) in [6.07, 6.45) is 1.90. The number of morpholine rings is 1. The first-order valence-corrected chi connectivity index (χ1v) is 6.16. The molecule has 0 spiro atoms. The zero-order valence-electron chi connectivity index (χ0n) is 10.4. The van der Waals surface area contributed by atoms with Crippen LogP contribution < -0.4 is 5.73 Å². The van der Waals surface area contributed by atoms with E-state index in [0.29, 0.717) is 38.6 Å². The van der Waals surface area contributed by atoms with Gasteiger partial charge in [0.15, 0.2) is 6.10 Å². The van der Waals surface area contributed by atoms with Crippen molar-refractivity contribution in [2.24, 2.45) is 11.7 Å². The lowest BCUT2D eigenvalue weighted by atomic mass is 10.0. The highest BCUT2D eigenvalue weighted by Gasteiger charge is 2.23. The van der Waals surface area contributed by atoms with Crippen molar-refractivity contribution < 1.29 is 9.53 Å². The van der Waals surface area contributed by atoms with Gasteiger partial charge in [0.2, 0.25) is 5.91 Å². The normalized spacial score (nSPS) is 21.9. The molecule has 17 heavy (non-hydrogen) atoms. The summed E-state index contributed by atoms with van der Waals surface area (Å²) in [5, 5.41) is 8.75. The molecule has 1 amide bonds. The van der Waals surface area contributed by atoms with E-state index in [4.69, 9.17) is 15.7 Å². The second-order valence-corrected chi connectivity index (χ2v) is 4.55. The fourth-order valence-electron chi connectivity index (χ4n) is 1.91. The molecule has 1 fully saturated rings. The van der Waals surface area contributed by atoms with Gasteiger partial charge in [-0.1, -0.05) is 6.92 Å². The molecule has 0 saturated carbocycles. The maximum absolute atomic E-state index is 11.9. The topological polar surface area (TPSA) is 79.3 Å². The molecule has 2 atom stereocenters. The highest BCUT2D eigenvalue weighted by atomic mass is 16.5. The van der Waals surface area contributed by atoms with E-state index in [9.17, 15) is 4.79 Å². The summed E-state index contributed by atoms with van der Waals surface area (Å²) in [5.74, 6) is 0.606. The van der Waals surface area contributed by atoms with Gasteiger partial charge in [-0.3, -0.25) is 4.79 Å². The first-order valence-electron chi connectivity index (χ1n) is 6.16. The van der Waals surface area contributed by atoms with Gasteiger partial charge in [-0.05, 0) is 25.3 Å². The Morgan fingerprint density at radius 1 is 1.65 bits per heavy atom. The minimum atomic E-state index is -0.464.